The number of benzene rings is 1. The third-order valence-corrected chi connectivity index (χ3v) is 3.22. The van der Waals surface area contributed by atoms with Gasteiger partial charge in [0.25, 0.3) is 11.6 Å². The highest BCUT2D eigenvalue weighted by molar-refractivity contribution is 9.10. The average molecular weight is 357 g/mol. The van der Waals surface area contributed by atoms with Gasteiger partial charge >= 0.3 is 0 Å². The third kappa shape index (κ3) is 3.12. The summed E-state index contributed by atoms with van der Waals surface area (Å²) >= 11 is 9.04. The van der Waals surface area contributed by atoms with Crippen molar-refractivity contribution in [3.05, 3.63) is 61.7 Å². The van der Waals surface area contributed by atoms with Crippen LogP contribution in [-0.4, -0.2) is 15.8 Å². The van der Waals surface area contributed by atoms with E-state index in [-0.39, 0.29) is 16.3 Å². The number of halogens is 2. The zero-order valence-corrected chi connectivity index (χ0v) is 12.2. The number of aromatic nitrogens is 1. The van der Waals surface area contributed by atoms with Gasteiger partial charge in [0.1, 0.15) is 15.4 Å². The van der Waals surface area contributed by atoms with Gasteiger partial charge < -0.3 is 5.32 Å². The van der Waals surface area contributed by atoms with Crippen LogP contribution in [0.4, 0.5) is 11.5 Å². The lowest BCUT2D eigenvalue weighted by molar-refractivity contribution is -0.384. The van der Waals surface area contributed by atoms with Crippen molar-refractivity contribution in [3.8, 4) is 0 Å². The molecule has 0 bridgehead atoms. The van der Waals surface area contributed by atoms with Gasteiger partial charge in [-0.15, -0.1) is 0 Å². The fourth-order valence-corrected chi connectivity index (χ4v) is 2.12. The maximum absolute atomic E-state index is 12.0. The summed E-state index contributed by atoms with van der Waals surface area (Å²) in [6.45, 7) is 0. The van der Waals surface area contributed by atoms with Crippen LogP contribution in [0.15, 0.2) is 41.0 Å². The van der Waals surface area contributed by atoms with Crippen molar-refractivity contribution in [1.29, 1.82) is 0 Å². The standard InChI is InChI=1S/C12H7BrClN3O3/c13-9-5-2-6-10(15-9)16-12(18)7-3-1-4-8(11(7)14)17(19)20/h1-6H,(H,15,16,18). The third-order valence-electron chi connectivity index (χ3n) is 2.38. The van der Waals surface area contributed by atoms with Crippen LogP contribution in [0.1, 0.15) is 10.4 Å². The second kappa shape index (κ2) is 5.98. The van der Waals surface area contributed by atoms with E-state index >= 15 is 0 Å². The summed E-state index contributed by atoms with van der Waals surface area (Å²) in [5.41, 5.74) is -0.302. The number of nitro benzene ring substituents is 1. The minimum Gasteiger partial charge on any atom is -0.306 e. The number of carbonyl (C=O) groups is 1. The lowest BCUT2D eigenvalue weighted by atomic mass is 10.2. The smallest absolute Gasteiger partial charge is 0.288 e. The number of rotatable bonds is 3. The first-order valence-electron chi connectivity index (χ1n) is 5.36. The predicted octanol–water partition coefficient (Wildman–Crippen LogP) is 3.66. The minimum absolute atomic E-state index is 0.0163. The molecule has 1 amide bonds. The number of pyridine rings is 1. The zero-order valence-electron chi connectivity index (χ0n) is 9.84. The van der Waals surface area contributed by atoms with E-state index in [1.165, 1.54) is 18.2 Å². The average Bonchev–Trinajstić information content (AvgIpc) is 2.38. The zero-order chi connectivity index (χ0) is 14.7. The number of nitro groups is 1. The Labute approximate surface area is 127 Å². The van der Waals surface area contributed by atoms with Crippen molar-refractivity contribution in [2.24, 2.45) is 0 Å². The Kier molecular flexibility index (Phi) is 4.31. The predicted molar refractivity (Wildman–Crippen MR) is 78.0 cm³/mol. The molecule has 102 valence electrons. The molecule has 0 saturated carbocycles. The van der Waals surface area contributed by atoms with E-state index in [4.69, 9.17) is 11.6 Å². The van der Waals surface area contributed by atoms with Gasteiger partial charge in [-0.2, -0.15) is 0 Å². The molecular formula is C12H7BrClN3O3. The highest BCUT2D eigenvalue weighted by atomic mass is 79.9. The lowest BCUT2D eigenvalue weighted by Crippen LogP contribution is -2.14. The summed E-state index contributed by atoms with van der Waals surface area (Å²) in [6.07, 6.45) is 0. The monoisotopic (exact) mass is 355 g/mol. The van der Waals surface area contributed by atoms with Crippen molar-refractivity contribution in [2.75, 3.05) is 5.32 Å². The first-order chi connectivity index (χ1) is 9.49. The molecule has 0 unspecified atom stereocenters. The number of nitrogens with zero attached hydrogens (tertiary/aromatic N) is 2. The van der Waals surface area contributed by atoms with E-state index in [2.05, 4.69) is 26.2 Å². The van der Waals surface area contributed by atoms with Crippen LogP contribution in [-0.2, 0) is 0 Å². The Balaban J connectivity index is 2.30. The number of carbonyl (C=O) groups excluding carboxylic acids is 1. The van der Waals surface area contributed by atoms with E-state index in [1.807, 2.05) is 0 Å². The van der Waals surface area contributed by atoms with Crippen LogP contribution >= 0.6 is 27.5 Å². The number of hydrogen-bond acceptors (Lipinski definition) is 4. The fourth-order valence-electron chi connectivity index (χ4n) is 1.50. The Bertz CT molecular complexity index is 693. The molecule has 8 heteroatoms. The summed E-state index contributed by atoms with van der Waals surface area (Å²) in [6, 6.07) is 9.03. The molecular weight excluding hydrogens is 350 g/mol. The van der Waals surface area contributed by atoms with Crippen LogP contribution in [0.5, 0.6) is 0 Å². The van der Waals surface area contributed by atoms with Gasteiger partial charge in [-0.25, -0.2) is 4.98 Å². The topological polar surface area (TPSA) is 85.1 Å². The molecule has 0 aliphatic carbocycles. The molecule has 0 spiro atoms. The highest BCUT2D eigenvalue weighted by Gasteiger charge is 2.20. The number of amides is 1. The molecule has 0 aliphatic heterocycles. The van der Waals surface area contributed by atoms with Gasteiger partial charge in [-0.05, 0) is 34.1 Å². The SMILES string of the molecule is O=C(Nc1cccc(Br)n1)c1cccc([N+](=O)[O-])c1Cl. The number of nitrogens with one attached hydrogen (secondary N) is 1. The van der Waals surface area contributed by atoms with Crippen LogP contribution in [0, 0.1) is 10.1 Å². The maximum Gasteiger partial charge on any atom is 0.288 e. The van der Waals surface area contributed by atoms with Crippen LogP contribution in [0.25, 0.3) is 0 Å². The molecule has 20 heavy (non-hydrogen) atoms. The Morgan fingerprint density at radius 3 is 2.65 bits per heavy atom. The summed E-state index contributed by atoms with van der Waals surface area (Å²) in [7, 11) is 0. The van der Waals surface area contributed by atoms with E-state index in [1.54, 1.807) is 18.2 Å². The van der Waals surface area contributed by atoms with Crippen molar-refractivity contribution in [2.45, 2.75) is 0 Å². The van der Waals surface area contributed by atoms with E-state index in [9.17, 15) is 14.9 Å². The second-order valence-electron chi connectivity index (χ2n) is 3.70. The van der Waals surface area contributed by atoms with Crippen molar-refractivity contribution in [1.82, 2.24) is 4.98 Å². The number of hydrogen-bond donors (Lipinski definition) is 1. The molecule has 1 aromatic heterocycles. The Hall–Kier alpha value is -1.99. The van der Waals surface area contributed by atoms with Gasteiger partial charge in [-0.1, -0.05) is 23.7 Å². The number of anilines is 1. The molecule has 0 aliphatic rings. The molecule has 0 saturated heterocycles. The molecule has 1 N–H and O–H groups in total. The van der Waals surface area contributed by atoms with Crippen molar-refractivity contribution >= 4 is 44.9 Å². The van der Waals surface area contributed by atoms with Gasteiger partial charge in [0.2, 0.25) is 0 Å². The summed E-state index contributed by atoms with van der Waals surface area (Å²) in [5.74, 6) is -0.253. The first kappa shape index (κ1) is 14.4. The van der Waals surface area contributed by atoms with E-state index in [0.29, 0.717) is 10.4 Å². The van der Waals surface area contributed by atoms with Gasteiger partial charge in [0, 0.05) is 6.07 Å². The summed E-state index contributed by atoms with van der Waals surface area (Å²) < 4.78 is 0.556. The molecule has 0 radical (unpaired) electrons. The molecule has 0 atom stereocenters. The molecule has 2 aromatic rings. The van der Waals surface area contributed by atoms with Gasteiger partial charge in [0.05, 0.1) is 10.5 Å². The first-order valence-corrected chi connectivity index (χ1v) is 6.53. The lowest BCUT2D eigenvalue weighted by Gasteiger charge is -2.06. The molecule has 1 aromatic carbocycles. The highest BCUT2D eigenvalue weighted by Crippen LogP contribution is 2.28. The maximum atomic E-state index is 12.0. The van der Waals surface area contributed by atoms with E-state index in [0.717, 1.165) is 0 Å². The van der Waals surface area contributed by atoms with Gasteiger partial charge in [0.15, 0.2) is 0 Å². The summed E-state index contributed by atoms with van der Waals surface area (Å²) in [5, 5.41) is 13.1. The Morgan fingerprint density at radius 2 is 2.00 bits per heavy atom. The van der Waals surface area contributed by atoms with Crippen LogP contribution in [0.3, 0.4) is 0 Å². The van der Waals surface area contributed by atoms with E-state index < -0.39 is 10.8 Å². The molecule has 6 nitrogen and oxygen atoms in total. The quantitative estimate of drug-likeness (QED) is 0.516. The largest absolute Gasteiger partial charge is 0.306 e. The van der Waals surface area contributed by atoms with Crippen LogP contribution < -0.4 is 5.32 Å². The molecule has 2 rings (SSSR count). The second-order valence-corrected chi connectivity index (χ2v) is 4.89. The normalized spacial score (nSPS) is 10.1. The molecule has 1 heterocycles. The molecule has 0 fully saturated rings. The van der Waals surface area contributed by atoms with Crippen LogP contribution in [0.2, 0.25) is 5.02 Å². The van der Waals surface area contributed by atoms with Gasteiger partial charge in [-0.3, -0.25) is 14.9 Å². The van der Waals surface area contributed by atoms with Crippen molar-refractivity contribution in [3.63, 3.8) is 0 Å². The summed E-state index contributed by atoms with van der Waals surface area (Å²) in [4.78, 5) is 26.2. The fraction of sp³-hybridized carbons (Fsp3) is 0. The van der Waals surface area contributed by atoms with Crippen molar-refractivity contribution < 1.29 is 9.72 Å². The minimum atomic E-state index is -0.642. The Morgan fingerprint density at radius 1 is 1.30 bits per heavy atom.